The highest BCUT2D eigenvalue weighted by atomic mass is 32.2. The van der Waals surface area contributed by atoms with Gasteiger partial charge in [-0.05, 0) is 18.9 Å². The predicted octanol–water partition coefficient (Wildman–Crippen LogP) is 0.0317. The zero-order valence-corrected chi connectivity index (χ0v) is 13.7. The zero-order chi connectivity index (χ0) is 17.0. The predicted molar refractivity (Wildman–Crippen MR) is 86.8 cm³/mol. The Morgan fingerprint density at radius 1 is 1.09 bits per heavy atom. The highest BCUT2D eigenvalue weighted by Crippen LogP contribution is 2.40. The summed E-state index contributed by atoms with van der Waals surface area (Å²) in [6, 6.07) is 9.51. The van der Waals surface area contributed by atoms with Crippen LogP contribution in [0.3, 0.4) is 0 Å². The first kappa shape index (κ1) is 18.7. The van der Waals surface area contributed by atoms with Crippen molar-refractivity contribution in [3.63, 3.8) is 0 Å². The number of hydrogen-bond donors (Lipinski definition) is 5. The maximum absolute atomic E-state index is 10.2. The van der Waals surface area contributed by atoms with Gasteiger partial charge in [0.25, 0.3) is 0 Å². The van der Waals surface area contributed by atoms with Gasteiger partial charge in [-0.1, -0.05) is 30.3 Å². The summed E-state index contributed by atoms with van der Waals surface area (Å²) in [7, 11) is 0. The molecule has 130 valence electrons. The van der Waals surface area contributed by atoms with Crippen molar-refractivity contribution < 1.29 is 30.3 Å². The molecule has 3 unspecified atom stereocenters. The molecule has 0 bridgehead atoms. The topological polar surface area (TPSA) is 110 Å². The first-order chi connectivity index (χ1) is 10.9. The third-order valence-corrected chi connectivity index (χ3v) is 5.32. The molecule has 1 aliphatic rings. The second-order valence-electron chi connectivity index (χ2n) is 5.82. The molecular formula is C16H24O6S. The minimum Gasteiger partial charge on any atom is -0.394 e. The molecule has 23 heavy (non-hydrogen) atoms. The third-order valence-electron chi connectivity index (χ3n) is 3.87. The number of rotatable bonds is 6. The lowest BCUT2D eigenvalue weighted by atomic mass is 10.0. The van der Waals surface area contributed by atoms with E-state index in [1.807, 2.05) is 30.3 Å². The molecule has 0 radical (unpaired) electrons. The van der Waals surface area contributed by atoms with Crippen LogP contribution in [0.1, 0.15) is 24.2 Å². The SMILES string of the molecule is CC(O)CC(SC1O[C@H](CO)[C@H](O)[C@H](O)[C@H]1O)c1ccccc1. The van der Waals surface area contributed by atoms with E-state index < -0.39 is 42.6 Å². The van der Waals surface area contributed by atoms with E-state index in [9.17, 15) is 25.5 Å². The van der Waals surface area contributed by atoms with E-state index >= 15 is 0 Å². The fourth-order valence-corrected chi connectivity index (χ4v) is 4.15. The Kier molecular flexibility index (Phi) is 6.84. The Balaban J connectivity index is 2.14. The fraction of sp³-hybridized carbons (Fsp3) is 0.625. The maximum Gasteiger partial charge on any atom is 0.132 e. The van der Waals surface area contributed by atoms with Gasteiger partial charge in [0.15, 0.2) is 0 Å². The molecule has 7 heteroatoms. The molecule has 1 aliphatic heterocycles. The Morgan fingerprint density at radius 2 is 1.74 bits per heavy atom. The van der Waals surface area contributed by atoms with Crippen molar-refractivity contribution in [1.82, 2.24) is 0 Å². The van der Waals surface area contributed by atoms with Crippen molar-refractivity contribution in [2.24, 2.45) is 0 Å². The second kappa shape index (κ2) is 8.43. The third kappa shape index (κ3) is 4.67. The number of aliphatic hydroxyl groups is 5. The van der Waals surface area contributed by atoms with Crippen LogP contribution in [0.2, 0.25) is 0 Å². The zero-order valence-electron chi connectivity index (χ0n) is 12.9. The molecule has 1 fully saturated rings. The lowest BCUT2D eigenvalue weighted by Gasteiger charge is -2.40. The summed E-state index contributed by atoms with van der Waals surface area (Å²) >= 11 is 1.27. The van der Waals surface area contributed by atoms with Crippen LogP contribution in [0.4, 0.5) is 0 Å². The van der Waals surface area contributed by atoms with E-state index in [0.29, 0.717) is 6.42 Å². The standard InChI is InChI=1S/C16H24O6S/c1-9(18)7-12(10-5-3-2-4-6-10)23-16-15(21)14(20)13(19)11(8-17)22-16/h2-6,9,11-21H,7-8H2,1H3/t9?,11-,12?,13+,14+,15-,16?/m1/s1. The minimum atomic E-state index is -1.39. The molecule has 0 aliphatic carbocycles. The van der Waals surface area contributed by atoms with Gasteiger partial charge in [0.2, 0.25) is 0 Å². The second-order valence-corrected chi connectivity index (χ2v) is 7.12. The highest BCUT2D eigenvalue weighted by molar-refractivity contribution is 8.00. The van der Waals surface area contributed by atoms with Gasteiger partial charge in [0.05, 0.1) is 12.7 Å². The van der Waals surface area contributed by atoms with Crippen LogP contribution in [0.5, 0.6) is 0 Å². The van der Waals surface area contributed by atoms with Crippen molar-refractivity contribution in [3.05, 3.63) is 35.9 Å². The molecule has 6 nitrogen and oxygen atoms in total. The number of ether oxygens (including phenoxy) is 1. The summed E-state index contributed by atoms with van der Waals surface area (Å²) < 4.78 is 5.54. The van der Waals surface area contributed by atoms with Crippen LogP contribution >= 0.6 is 11.8 Å². The van der Waals surface area contributed by atoms with Crippen LogP contribution in [0, 0.1) is 0 Å². The van der Waals surface area contributed by atoms with E-state index in [-0.39, 0.29) is 5.25 Å². The Bertz CT molecular complexity index is 469. The van der Waals surface area contributed by atoms with E-state index in [1.54, 1.807) is 6.92 Å². The van der Waals surface area contributed by atoms with Crippen LogP contribution in [0.15, 0.2) is 30.3 Å². The number of benzene rings is 1. The van der Waals surface area contributed by atoms with Gasteiger partial charge in [0.1, 0.15) is 29.9 Å². The average Bonchev–Trinajstić information content (AvgIpc) is 2.55. The number of aliphatic hydroxyl groups excluding tert-OH is 5. The first-order valence-electron chi connectivity index (χ1n) is 7.63. The Hall–Kier alpha value is -0.670. The molecule has 1 heterocycles. The molecule has 2 rings (SSSR count). The summed E-state index contributed by atoms with van der Waals surface area (Å²) in [5.74, 6) is 0. The van der Waals surface area contributed by atoms with Gasteiger partial charge in [-0.15, -0.1) is 11.8 Å². The van der Waals surface area contributed by atoms with Crippen LogP contribution in [-0.4, -0.2) is 68.1 Å². The molecule has 7 atom stereocenters. The number of hydrogen-bond acceptors (Lipinski definition) is 7. The summed E-state index contributed by atoms with van der Waals surface area (Å²) in [5, 5.41) is 48.7. The fourth-order valence-electron chi connectivity index (χ4n) is 2.59. The van der Waals surface area contributed by atoms with E-state index in [2.05, 4.69) is 0 Å². The lowest BCUT2D eigenvalue weighted by molar-refractivity contribution is -0.205. The first-order valence-corrected chi connectivity index (χ1v) is 8.57. The van der Waals surface area contributed by atoms with Crippen LogP contribution < -0.4 is 0 Å². The molecule has 0 amide bonds. The van der Waals surface area contributed by atoms with E-state index in [4.69, 9.17) is 4.74 Å². The molecule has 0 aromatic heterocycles. The van der Waals surface area contributed by atoms with Crippen molar-refractivity contribution in [1.29, 1.82) is 0 Å². The summed E-state index contributed by atoms with van der Waals surface area (Å²) in [6.45, 7) is 1.23. The lowest BCUT2D eigenvalue weighted by Crippen LogP contribution is -2.57. The van der Waals surface area contributed by atoms with Gasteiger partial charge >= 0.3 is 0 Å². The largest absolute Gasteiger partial charge is 0.394 e. The summed E-state index contributed by atoms with van der Waals surface area (Å²) in [4.78, 5) is 0. The quantitative estimate of drug-likeness (QED) is 0.495. The molecule has 1 aromatic carbocycles. The molecule has 0 saturated carbocycles. The van der Waals surface area contributed by atoms with Gasteiger partial charge < -0.3 is 30.3 Å². The molecule has 0 spiro atoms. The minimum absolute atomic E-state index is 0.155. The van der Waals surface area contributed by atoms with Gasteiger partial charge in [-0.2, -0.15) is 0 Å². The average molecular weight is 344 g/mol. The monoisotopic (exact) mass is 344 g/mol. The molecule has 1 saturated heterocycles. The number of thioether (sulfide) groups is 1. The van der Waals surface area contributed by atoms with Crippen molar-refractivity contribution in [2.75, 3.05) is 6.61 Å². The van der Waals surface area contributed by atoms with Gasteiger partial charge in [-0.3, -0.25) is 0 Å². The van der Waals surface area contributed by atoms with Crippen molar-refractivity contribution in [3.8, 4) is 0 Å². The van der Waals surface area contributed by atoms with Gasteiger partial charge in [-0.25, -0.2) is 0 Å². The molecule has 1 aromatic rings. The van der Waals surface area contributed by atoms with Crippen molar-refractivity contribution >= 4 is 11.8 Å². The Labute approximate surface area is 139 Å². The summed E-state index contributed by atoms with van der Waals surface area (Å²) in [6.07, 6.45) is -5.05. The van der Waals surface area contributed by atoms with E-state index in [0.717, 1.165) is 5.56 Å². The highest BCUT2D eigenvalue weighted by Gasteiger charge is 2.44. The summed E-state index contributed by atoms with van der Waals surface area (Å²) in [5.41, 5.74) is 0.157. The molecular weight excluding hydrogens is 320 g/mol. The smallest absolute Gasteiger partial charge is 0.132 e. The van der Waals surface area contributed by atoms with Gasteiger partial charge in [0, 0.05) is 5.25 Å². The van der Waals surface area contributed by atoms with Crippen LogP contribution in [-0.2, 0) is 4.74 Å². The van der Waals surface area contributed by atoms with E-state index in [1.165, 1.54) is 11.8 Å². The Morgan fingerprint density at radius 3 is 2.30 bits per heavy atom. The van der Waals surface area contributed by atoms with Crippen molar-refractivity contribution in [2.45, 2.75) is 54.6 Å². The normalized spacial score (nSPS) is 34.1. The maximum atomic E-state index is 10.2. The van der Waals surface area contributed by atoms with Crippen LogP contribution in [0.25, 0.3) is 0 Å². The molecule has 5 N–H and O–H groups in total.